The van der Waals surface area contributed by atoms with Crippen molar-refractivity contribution in [3.05, 3.63) is 63.1 Å². The van der Waals surface area contributed by atoms with Gasteiger partial charge in [0.05, 0.1) is 20.6 Å². The summed E-state index contributed by atoms with van der Waals surface area (Å²) in [6.45, 7) is 0. The fourth-order valence-corrected chi connectivity index (χ4v) is 2.33. The summed E-state index contributed by atoms with van der Waals surface area (Å²) in [6.07, 6.45) is -1.85. The molecular weight excluding hydrogens is 391 g/mol. The number of primary amides is 1. The van der Waals surface area contributed by atoms with E-state index in [2.05, 4.69) is 5.32 Å². The molecule has 6 nitrogen and oxygen atoms in total. The number of hydrogen-bond donors (Lipinski definition) is 2. The number of hydrogen-bond acceptors (Lipinski definition) is 4. The van der Waals surface area contributed by atoms with Gasteiger partial charge >= 0.3 is 5.97 Å². The van der Waals surface area contributed by atoms with Gasteiger partial charge in [-0.15, -0.1) is 0 Å². The summed E-state index contributed by atoms with van der Waals surface area (Å²) < 4.78 is 4.90. The number of carbonyl (C=O) groups excluding carboxylic acids is 3. The van der Waals surface area contributed by atoms with Crippen molar-refractivity contribution >= 4 is 58.3 Å². The number of halogens is 3. The maximum atomic E-state index is 12.2. The smallest absolute Gasteiger partial charge is 0.340 e. The van der Waals surface area contributed by atoms with Crippen LogP contribution in [-0.4, -0.2) is 23.9 Å². The Kier molecular flexibility index (Phi) is 6.25. The van der Waals surface area contributed by atoms with Crippen molar-refractivity contribution in [2.45, 2.75) is 6.10 Å². The summed E-state index contributed by atoms with van der Waals surface area (Å²) in [5.41, 5.74) is 5.40. The zero-order valence-corrected chi connectivity index (χ0v) is 14.7. The number of nitrogens with one attached hydrogen (secondary N) is 1. The molecule has 0 spiro atoms. The monoisotopic (exact) mass is 400 g/mol. The van der Waals surface area contributed by atoms with Crippen molar-refractivity contribution in [1.29, 1.82) is 0 Å². The highest BCUT2D eigenvalue weighted by atomic mass is 35.5. The lowest BCUT2D eigenvalue weighted by Crippen LogP contribution is -2.43. The fourth-order valence-electron chi connectivity index (χ4n) is 1.82. The number of esters is 1. The Morgan fingerprint density at radius 3 is 2.24 bits per heavy atom. The first kappa shape index (κ1) is 19.1. The van der Waals surface area contributed by atoms with Crippen LogP contribution in [0.1, 0.15) is 10.4 Å². The largest absolute Gasteiger partial charge is 0.438 e. The molecule has 130 valence electrons. The van der Waals surface area contributed by atoms with Crippen LogP contribution in [0, 0.1) is 0 Å². The first-order valence-corrected chi connectivity index (χ1v) is 7.93. The van der Waals surface area contributed by atoms with E-state index in [0.717, 1.165) is 0 Å². The van der Waals surface area contributed by atoms with Gasteiger partial charge < -0.3 is 15.8 Å². The number of amides is 2. The minimum atomic E-state index is -1.85. The molecule has 3 N–H and O–H groups in total. The lowest BCUT2D eigenvalue weighted by Gasteiger charge is -2.15. The second kappa shape index (κ2) is 8.20. The van der Waals surface area contributed by atoms with Crippen molar-refractivity contribution in [3.8, 4) is 0 Å². The Morgan fingerprint density at radius 2 is 1.64 bits per heavy atom. The second-order valence-corrected chi connectivity index (χ2v) is 6.01. The molecule has 0 bridgehead atoms. The SMILES string of the molecule is NC(=O)C(OC(=O)c1ccccc1Cl)C(=O)Nc1ccc(Cl)c(Cl)c1. The lowest BCUT2D eigenvalue weighted by molar-refractivity contribution is -0.136. The van der Waals surface area contributed by atoms with E-state index in [4.69, 9.17) is 45.3 Å². The molecule has 1 unspecified atom stereocenters. The average Bonchev–Trinajstić information content (AvgIpc) is 2.55. The van der Waals surface area contributed by atoms with Crippen molar-refractivity contribution in [3.63, 3.8) is 0 Å². The van der Waals surface area contributed by atoms with Gasteiger partial charge in [0.25, 0.3) is 17.9 Å². The van der Waals surface area contributed by atoms with E-state index < -0.39 is 23.9 Å². The Balaban J connectivity index is 2.15. The van der Waals surface area contributed by atoms with Crippen molar-refractivity contribution in [2.24, 2.45) is 5.73 Å². The topological polar surface area (TPSA) is 98.5 Å². The molecule has 25 heavy (non-hydrogen) atoms. The molecule has 2 amide bonds. The van der Waals surface area contributed by atoms with Crippen LogP contribution in [0.2, 0.25) is 15.1 Å². The first-order valence-electron chi connectivity index (χ1n) is 6.80. The van der Waals surface area contributed by atoms with Gasteiger partial charge in [0.1, 0.15) is 0 Å². The zero-order valence-electron chi connectivity index (χ0n) is 12.5. The van der Waals surface area contributed by atoms with E-state index in [1.807, 2.05) is 0 Å². The van der Waals surface area contributed by atoms with Gasteiger partial charge in [-0.25, -0.2) is 4.79 Å². The molecule has 1 atom stereocenters. The number of ether oxygens (including phenoxy) is 1. The highest BCUT2D eigenvalue weighted by Crippen LogP contribution is 2.25. The van der Waals surface area contributed by atoms with E-state index >= 15 is 0 Å². The third-order valence-electron chi connectivity index (χ3n) is 3.00. The van der Waals surface area contributed by atoms with E-state index in [1.165, 1.54) is 30.3 Å². The molecule has 9 heteroatoms. The van der Waals surface area contributed by atoms with Gasteiger partial charge in [-0.1, -0.05) is 46.9 Å². The van der Waals surface area contributed by atoms with Crippen LogP contribution in [0.25, 0.3) is 0 Å². The maximum absolute atomic E-state index is 12.2. The molecule has 2 aromatic rings. The number of benzene rings is 2. The average molecular weight is 402 g/mol. The maximum Gasteiger partial charge on any atom is 0.340 e. The van der Waals surface area contributed by atoms with Crippen LogP contribution in [0.4, 0.5) is 5.69 Å². The lowest BCUT2D eigenvalue weighted by atomic mass is 10.2. The molecule has 2 aromatic carbocycles. The Bertz CT molecular complexity index is 842. The number of rotatable bonds is 5. The fraction of sp³-hybridized carbons (Fsp3) is 0.0625. The molecule has 0 radical (unpaired) electrons. The summed E-state index contributed by atoms with van der Waals surface area (Å²) in [6, 6.07) is 10.3. The van der Waals surface area contributed by atoms with Gasteiger partial charge in [-0.2, -0.15) is 0 Å². The molecule has 0 aliphatic rings. The summed E-state index contributed by atoms with van der Waals surface area (Å²) in [5, 5.41) is 2.97. The van der Waals surface area contributed by atoms with Gasteiger partial charge in [-0.3, -0.25) is 9.59 Å². The number of nitrogens with two attached hydrogens (primary N) is 1. The van der Waals surface area contributed by atoms with E-state index in [1.54, 1.807) is 12.1 Å². The van der Waals surface area contributed by atoms with E-state index in [9.17, 15) is 14.4 Å². The molecule has 2 rings (SSSR count). The predicted octanol–water partition coefficient (Wildman–Crippen LogP) is 3.30. The standard InChI is InChI=1S/C16H11Cl3N2O4/c17-10-4-2-1-3-9(10)16(24)25-13(14(20)22)15(23)21-8-5-6-11(18)12(19)7-8/h1-7,13H,(H2,20,22)(H,21,23). The van der Waals surface area contributed by atoms with E-state index in [0.29, 0.717) is 0 Å². The molecular formula is C16H11Cl3N2O4. The number of anilines is 1. The summed E-state index contributed by atoms with van der Waals surface area (Å²) in [5.74, 6) is -3.04. The third-order valence-corrected chi connectivity index (χ3v) is 4.07. The van der Waals surface area contributed by atoms with Crippen molar-refractivity contribution in [2.75, 3.05) is 5.32 Å². The Labute approximate surface area is 157 Å². The Morgan fingerprint density at radius 1 is 0.960 bits per heavy atom. The van der Waals surface area contributed by atoms with Crippen molar-refractivity contribution in [1.82, 2.24) is 0 Å². The van der Waals surface area contributed by atoms with E-state index in [-0.39, 0.29) is 26.3 Å². The predicted molar refractivity (Wildman–Crippen MR) is 94.9 cm³/mol. The van der Waals surface area contributed by atoms with Crippen LogP contribution in [0.15, 0.2) is 42.5 Å². The molecule has 0 heterocycles. The summed E-state index contributed by atoms with van der Waals surface area (Å²) in [4.78, 5) is 35.8. The minimum Gasteiger partial charge on any atom is -0.438 e. The number of carbonyl (C=O) groups is 3. The second-order valence-electron chi connectivity index (χ2n) is 4.79. The molecule has 0 aliphatic carbocycles. The molecule has 0 saturated carbocycles. The Hall–Kier alpha value is -2.28. The minimum absolute atomic E-state index is 0.00208. The molecule has 0 saturated heterocycles. The van der Waals surface area contributed by atoms with Crippen molar-refractivity contribution < 1.29 is 19.1 Å². The zero-order chi connectivity index (χ0) is 18.6. The summed E-state index contributed by atoms with van der Waals surface area (Å²) in [7, 11) is 0. The highest BCUT2D eigenvalue weighted by Gasteiger charge is 2.30. The molecule has 0 aliphatic heterocycles. The van der Waals surface area contributed by atoms with Crippen LogP contribution >= 0.6 is 34.8 Å². The summed E-state index contributed by atoms with van der Waals surface area (Å²) >= 11 is 17.5. The first-order chi connectivity index (χ1) is 11.8. The highest BCUT2D eigenvalue weighted by molar-refractivity contribution is 6.42. The van der Waals surface area contributed by atoms with Gasteiger partial charge in [0.2, 0.25) is 0 Å². The normalized spacial score (nSPS) is 11.5. The van der Waals surface area contributed by atoms with Gasteiger partial charge in [0.15, 0.2) is 0 Å². The van der Waals surface area contributed by atoms with Gasteiger partial charge in [-0.05, 0) is 30.3 Å². The molecule has 0 fully saturated rings. The van der Waals surface area contributed by atoms with Crippen LogP contribution in [-0.2, 0) is 14.3 Å². The van der Waals surface area contributed by atoms with Gasteiger partial charge in [0, 0.05) is 5.69 Å². The van der Waals surface area contributed by atoms with Crippen LogP contribution in [0.3, 0.4) is 0 Å². The van der Waals surface area contributed by atoms with Crippen LogP contribution < -0.4 is 11.1 Å². The van der Waals surface area contributed by atoms with Crippen LogP contribution in [0.5, 0.6) is 0 Å². The quantitative estimate of drug-likeness (QED) is 0.593. The molecule has 0 aromatic heterocycles. The third kappa shape index (κ3) is 4.85.